The van der Waals surface area contributed by atoms with Crippen molar-refractivity contribution in [2.45, 2.75) is 26.3 Å². The van der Waals surface area contributed by atoms with E-state index in [4.69, 9.17) is 10.5 Å². The molecule has 0 aliphatic heterocycles. The SMILES string of the molecule is CCCOC(=O)c1cccc(-n2nnnc2C(C)N)c1. The molecule has 2 aromatic rings. The lowest BCUT2D eigenvalue weighted by molar-refractivity contribution is 0.0505. The highest BCUT2D eigenvalue weighted by molar-refractivity contribution is 5.90. The lowest BCUT2D eigenvalue weighted by Crippen LogP contribution is -2.14. The zero-order valence-electron chi connectivity index (χ0n) is 11.5. The minimum Gasteiger partial charge on any atom is -0.462 e. The quantitative estimate of drug-likeness (QED) is 0.825. The molecule has 0 radical (unpaired) electrons. The fourth-order valence-electron chi connectivity index (χ4n) is 1.70. The summed E-state index contributed by atoms with van der Waals surface area (Å²) < 4.78 is 6.62. The molecule has 1 heterocycles. The van der Waals surface area contributed by atoms with Crippen LogP contribution in [0.4, 0.5) is 0 Å². The van der Waals surface area contributed by atoms with E-state index in [-0.39, 0.29) is 12.0 Å². The summed E-state index contributed by atoms with van der Waals surface area (Å²) in [5.41, 5.74) is 6.94. The summed E-state index contributed by atoms with van der Waals surface area (Å²) in [5, 5.41) is 11.4. The number of hydrogen-bond acceptors (Lipinski definition) is 6. The van der Waals surface area contributed by atoms with Gasteiger partial charge in [0.15, 0.2) is 5.82 Å². The molecule has 1 aromatic heterocycles. The van der Waals surface area contributed by atoms with E-state index >= 15 is 0 Å². The van der Waals surface area contributed by atoms with Gasteiger partial charge in [0.1, 0.15) is 0 Å². The van der Waals surface area contributed by atoms with Crippen molar-refractivity contribution >= 4 is 5.97 Å². The van der Waals surface area contributed by atoms with Gasteiger partial charge in [-0.15, -0.1) is 5.10 Å². The smallest absolute Gasteiger partial charge is 0.338 e. The van der Waals surface area contributed by atoms with Crippen molar-refractivity contribution < 1.29 is 9.53 Å². The second kappa shape index (κ2) is 6.25. The molecule has 0 saturated carbocycles. The van der Waals surface area contributed by atoms with Crippen molar-refractivity contribution in [2.24, 2.45) is 5.73 Å². The summed E-state index contributed by atoms with van der Waals surface area (Å²) in [6.45, 7) is 4.14. The van der Waals surface area contributed by atoms with E-state index in [1.54, 1.807) is 31.2 Å². The van der Waals surface area contributed by atoms with Gasteiger partial charge in [-0.2, -0.15) is 4.68 Å². The Hall–Kier alpha value is -2.28. The average Bonchev–Trinajstić information content (AvgIpc) is 2.94. The number of rotatable bonds is 5. The van der Waals surface area contributed by atoms with Crippen LogP contribution < -0.4 is 5.73 Å². The number of esters is 1. The van der Waals surface area contributed by atoms with Gasteiger partial charge in [-0.25, -0.2) is 4.79 Å². The number of benzene rings is 1. The third-order valence-electron chi connectivity index (χ3n) is 2.66. The lowest BCUT2D eigenvalue weighted by Gasteiger charge is -2.08. The molecule has 7 nitrogen and oxygen atoms in total. The Morgan fingerprint density at radius 1 is 1.50 bits per heavy atom. The van der Waals surface area contributed by atoms with Crippen LogP contribution in [0.2, 0.25) is 0 Å². The van der Waals surface area contributed by atoms with E-state index in [2.05, 4.69) is 15.5 Å². The molecular weight excluding hydrogens is 258 g/mol. The number of aromatic nitrogens is 4. The van der Waals surface area contributed by atoms with Gasteiger partial charge in [0, 0.05) is 0 Å². The fraction of sp³-hybridized carbons (Fsp3) is 0.385. The van der Waals surface area contributed by atoms with Crippen molar-refractivity contribution in [3.8, 4) is 5.69 Å². The number of nitrogens with zero attached hydrogens (tertiary/aromatic N) is 4. The van der Waals surface area contributed by atoms with Gasteiger partial charge in [-0.1, -0.05) is 13.0 Å². The summed E-state index contributed by atoms with van der Waals surface area (Å²) in [7, 11) is 0. The van der Waals surface area contributed by atoms with Crippen LogP contribution in [0, 0.1) is 0 Å². The van der Waals surface area contributed by atoms with Crippen LogP contribution >= 0.6 is 0 Å². The number of carbonyl (C=O) groups excluding carboxylic acids is 1. The van der Waals surface area contributed by atoms with Crippen LogP contribution in [0.1, 0.15) is 42.5 Å². The topological polar surface area (TPSA) is 95.9 Å². The van der Waals surface area contributed by atoms with Gasteiger partial charge in [-0.3, -0.25) is 0 Å². The average molecular weight is 275 g/mol. The molecule has 0 spiro atoms. The van der Waals surface area contributed by atoms with Crippen LogP contribution in [-0.2, 0) is 4.74 Å². The number of carbonyl (C=O) groups is 1. The molecule has 1 atom stereocenters. The summed E-state index contributed by atoms with van der Waals surface area (Å²) in [5.74, 6) is 0.174. The van der Waals surface area contributed by atoms with Crippen molar-refractivity contribution in [1.82, 2.24) is 20.2 Å². The third-order valence-corrected chi connectivity index (χ3v) is 2.66. The second-order valence-electron chi connectivity index (χ2n) is 4.42. The summed E-state index contributed by atoms with van der Waals surface area (Å²) >= 11 is 0. The first-order valence-corrected chi connectivity index (χ1v) is 6.45. The maximum absolute atomic E-state index is 11.8. The van der Waals surface area contributed by atoms with Crippen LogP contribution in [0.3, 0.4) is 0 Å². The maximum Gasteiger partial charge on any atom is 0.338 e. The Bertz CT molecular complexity index is 594. The maximum atomic E-state index is 11.8. The van der Waals surface area contributed by atoms with Crippen LogP contribution in [0.25, 0.3) is 5.69 Å². The molecule has 7 heteroatoms. The third kappa shape index (κ3) is 3.00. The molecule has 0 fully saturated rings. The van der Waals surface area contributed by atoms with Crippen LogP contribution in [0.5, 0.6) is 0 Å². The number of nitrogens with two attached hydrogens (primary N) is 1. The molecule has 2 N–H and O–H groups in total. The molecule has 1 aromatic carbocycles. The normalized spacial score (nSPS) is 12.2. The highest BCUT2D eigenvalue weighted by Crippen LogP contribution is 2.14. The molecular formula is C13H17N5O2. The lowest BCUT2D eigenvalue weighted by atomic mass is 10.2. The molecule has 1 unspecified atom stereocenters. The molecule has 106 valence electrons. The first-order chi connectivity index (χ1) is 9.63. The Kier molecular flexibility index (Phi) is 4.41. The molecule has 0 bridgehead atoms. The summed E-state index contributed by atoms with van der Waals surface area (Å²) in [4.78, 5) is 11.8. The largest absolute Gasteiger partial charge is 0.462 e. The van der Waals surface area contributed by atoms with E-state index < -0.39 is 0 Å². The highest BCUT2D eigenvalue weighted by atomic mass is 16.5. The van der Waals surface area contributed by atoms with E-state index in [1.165, 1.54) is 4.68 Å². The second-order valence-corrected chi connectivity index (χ2v) is 4.42. The van der Waals surface area contributed by atoms with Crippen molar-refractivity contribution in [3.05, 3.63) is 35.7 Å². The van der Waals surface area contributed by atoms with Gasteiger partial charge < -0.3 is 10.5 Å². The molecule has 0 aliphatic carbocycles. The molecule has 0 saturated heterocycles. The van der Waals surface area contributed by atoms with E-state index in [0.717, 1.165) is 6.42 Å². The Morgan fingerprint density at radius 2 is 2.30 bits per heavy atom. The fourth-order valence-corrected chi connectivity index (χ4v) is 1.70. The Morgan fingerprint density at radius 3 is 3.00 bits per heavy atom. The molecule has 20 heavy (non-hydrogen) atoms. The van der Waals surface area contributed by atoms with Crippen molar-refractivity contribution in [2.75, 3.05) is 6.61 Å². The standard InChI is InChI=1S/C13H17N5O2/c1-3-7-20-13(19)10-5-4-6-11(8-10)18-12(9(2)14)15-16-17-18/h4-6,8-9H,3,7,14H2,1-2H3. The van der Waals surface area contributed by atoms with Gasteiger partial charge in [0.2, 0.25) is 0 Å². The molecule has 0 amide bonds. The van der Waals surface area contributed by atoms with Crippen molar-refractivity contribution in [1.29, 1.82) is 0 Å². The predicted octanol–water partition coefficient (Wildman–Crippen LogP) is 1.25. The molecule has 0 aliphatic rings. The number of hydrogen-bond donors (Lipinski definition) is 1. The Labute approximate surface area is 116 Å². The first kappa shape index (κ1) is 14.1. The number of tetrazole rings is 1. The summed E-state index contributed by atoms with van der Waals surface area (Å²) in [6.07, 6.45) is 0.785. The highest BCUT2D eigenvalue weighted by Gasteiger charge is 2.14. The van der Waals surface area contributed by atoms with E-state index in [1.807, 2.05) is 6.92 Å². The number of ether oxygens (including phenoxy) is 1. The zero-order valence-corrected chi connectivity index (χ0v) is 11.5. The van der Waals surface area contributed by atoms with Crippen molar-refractivity contribution in [3.63, 3.8) is 0 Å². The van der Waals surface area contributed by atoms with Gasteiger partial charge in [0.25, 0.3) is 0 Å². The summed E-state index contributed by atoms with van der Waals surface area (Å²) in [6, 6.07) is 6.63. The van der Waals surface area contributed by atoms with Gasteiger partial charge in [-0.05, 0) is 42.0 Å². The monoisotopic (exact) mass is 275 g/mol. The minimum absolute atomic E-state index is 0.305. The zero-order chi connectivity index (χ0) is 14.5. The van der Waals surface area contributed by atoms with E-state index in [9.17, 15) is 4.79 Å². The minimum atomic E-state index is -0.357. The van der Waals surface area contributed by atoms with Crippen LogP contribution in [0.15, 0.2) is 24.3 Å². The van der Waals surface area contributed by atoms with Gasteiger partial charge >= 0.3 is 5.97 Å². The van der Waals surface area contributed by atoms with Crippen LogP contribution in [-0.4, -0.2) is 32.8 Å². The first-order valence-electron chi connectivity index (χ1n) is 6.45. The Balaban J connectivity index is 2.30. The van der Waals surface area contributed by atoms with Gasteiger partial charge in [0.05, 0.1) is 23.9 Å². The van der Waals surface area contributed by atoms with E-state index in [0.29, 0.717) is 23.7 Å². The predicted molar refractivity (Wildman–Crippen MR) is 72.3 cm³/mol. The molecule has 2 rings (SSSR count).